The summed E-state index contributed by atoms with van der Waals surface area (Å²) < 4.78 is 2.15. The molecule has 0 atom stereocenters. The molecule has 246 valence electrons. The van der Waals surface area contributed by atoms with Crippen LogP contribution in [0, 0.1) is 13.8 Å². The van der Waals surface area contributed by atoms with Crippen molar-refractivity contribution in [2.24, 2.45) is 0 Å². The van der Waals surface area contributed by atoms with Crippen LogP contribution < -0.4 is 11.1 Å². The highest BCUT2D eigenvalue weighted by molar-refractivity contribution is 5.93. The molecule has 0 saturated heterocycles. The molecule has 0 unspecified atom stereocenters. The van der Waals surface area contributed by atoms with Crippen molar-refractivity contribution >= 4 is 50.3 Å². The van der Waals surface area contributed by atoms with Gasteiger partial charge in [0.05, 0.1) is 39.7 Å². The fraction of sp³-hybridized carbons (Fsp3) is 0.0513. The van der Waals surface area contributed by atoms with Crippen LogP contribution in [0.2, 0.25) is 0 Å². The minimum atomic E-state index is 0.398. The van der Waals surface area contributed by atoms with Crippen molar-refractivity contribution in [3.05, 3.63) is 140 Å². The summed E-state index contributed by atoms with van der Waals surface area (Å²) in [5.41, 5.74) is 15.1. The van der Waals surface area contributed by atoms with E-state index in [1.807, 2.05) is 99.0 Å². The minimum Gasteiger partial charge on any atom is -0.384 e. The van der Waals surface area contributed by atoms with Crippen LogP contribution in [0.4, 0.5) is 17.3 Å². The third-order valence-electron chi connectivity index (χ3n) is 8.15. The average molecular weight is 667 g/mol. The Morgan fingerprint density at radius 2 is 1.29 bits per heavy atom. The minimum absolute atomic E-state index is 0.398. The third kappa shape index (κ3) is 6.48. The number of aryl methyl sites for hydroxylation is 2. The topological polar surface area (TPSA) is 159 Å². The van der Waals surface area contributed by atoms with Crippen LogP contribution in [0.3, 0.4) is 0 Å². The first-order valence-electron chi connectivity index (χ1n) is 16.1. The molecular weight excluding hydrogens is 637 g/mol. The van der Waals surface area contributed by atoms with Crippen molar-refractivity contribution in [2.75, 3.05) is 11.1 Å². The van der Waals surface area contributed by atoms with E-state index >= 15 is 0 Å². The summed E-state index contributed by atoms with van der Waals surface area (Å²) in [6.07, 6.45) is 10.6. The van der Waals surface area contributed by atoms with Crippen LogP contribution >= 0.6 is 0 Å². The Hall–Kier alpha value is -7.21. The van der Waals surface area contributed by atoms with E-state index in [2.05, 4.69) is 68.1 Å². The molecule has 0 bridgehead atoms. The summed E-state index contributed by atoms with van der Waals surface area (Å²) in [5, 5.41) is 6.25. The van der Waals surface area contributed by atoms with Gasteiger partial charge in [-0.25, -0.2) is 29.9 Å². The number of hydrogen-bond acceptors (Lipinski definition) is 11. The van der Waals surface area contributed by atoms with Gasteiger partial charge in [0.2, 0.25) is 0 Å². The van der Waals surface area contributed by atoms with E-state index in [4.69, 9.17) is 10.7 Å². The lowest BCUT2D eigenvalue weighted by atomic mass is 10.1. The second kappa shape index (κ2) is 13.4. The number of aromatic nitrogens is 10. The lowest BCUT2D eigenvalue weighted by Gasteiger charge is -2.11. The molecule has 12 heteroatoms. The first kappa shape index (κ1) is 31.1. The van der Waals surface area contributed by atoms with Gasteiger partial charge in [-0.1, -0.05) is 12.1 Å². The summed E-state index contributed by atoms with van der Waals surface area (Å²) in [7, 11) is 0. The summed E-state index contributed by atoms with van der Waals surface area (Å²) in [5.74, 6) is 1.00. The Morgan fingerprint density at radius 3 is 2.00 bits per heavy atom. The van der Waals surface area contributed by atoms with E-state index < -0.39 is 0 Å². The van der Waals surface area contributed by atoms with Gasteiger partial charge >= 0.3 is 0 Å². The van der Waals surface area contributed by atoms with E-state index in [1.165, 1.54) is 6.33 Å². The van der Waals surface area contributed by atoms with Crippen LogP contribution in [0.25, 0.3) is 61.4 Å². The van der Waals surface area contributed by atoms with Crippen LogP contribution in [0.1, 0.15) is 11.4 Å². The zero-order valence-corrected chi connectivity index (χ0v) is 27.7. The van der Waals surface area contributed by atoms with Crippen LogP contribution in [-0.2, 0) is 0 Å². The molecule has 9 aromatic rings. The number of pyridine rings is 7. The normalized spacial score (nSPS) is 11.0. The first-order valence-corrected chi connectivity index (χ1v) is 16.1. The van der Waals surface area contributed by atoms with Gasteiger partial charge < -0.3 is 15.6 Å². The molecule has 9 rings (SSSR count). The SMILES string of the molecule is Cc1cccc(-c2cc(-n3ccc4cnccc43)c3cccnc3n2)n1.Cc1cccc(-c2cc(Nc3cc(N)ncn3)c3cccnc3n2)n1. The van der Waals surface area contributed by atoms with E-state index in [9.17, 15) is 0 Å². The number of rotatable bonds is 5. The molecule has 0 aliphatic heterocycles. The molecule has 0 saturated carbocycles. The maximum absolute atomic E-state index is 5.74. The number of nitrogen functional groups attached to an aromatic ring is 1. The number of anilines is 3. The van der Waals surface area contributed by atoms with Gasteiger partial charge in [0, 0.05) is 64.6 Å². The molecule has 9 aromatic heterocycles. The summed E-state index contributed by atoms with van der Waals surface area (Å²) in [6, 6.07) is 29.4. The molecule has 0 aromatic carbocycles. The Labute approximate surface area is 292 Å². The van der Waals surface area contributed by atoms with Crippen molar-refractivity contribution in [2.45, 2.75) is 13.8 Å². The Balaban J connectivity index is 0.000000147. The molecule has 0 aliphatic carbocycles. The first-order chi connectivity index (χ1) is 25.0. The fourth-order valence-electron chi connectivity index (χ4n) is 5.80. The molecule has 0 spiro atoms. The van der Waals surface area contributed by atoms with Gasteiger partial charge in [0.15, 0.2) is 11.3 Å². The summed E-state index contributed by atoms with van der Waals surface area (Å²) in [4.78, 5) is 39.7. The zero-order valence-electron chi connectivity index (χ0n) is 27.7. The predicted molar refractivity (Wildman–Crippen MR) is 199 cm³/mol. The standard InChI is InChI=1S/C21H15N5.C18H15N7/c1-14-4-2-6-17(24-14)18-12-20(16-5-3-9-23-21(16)25-18)26-11-8-15-13-22-10-7-19(15)26;1-11-4-2-6-13(23-11)15-8-14(12-5-3-7-20-18(12)25-15)24-17-9-16(19)21-10-22-17/h2-13H,1H3;2-10H,1H3,(H3,19,20,21,22,24,25). The van der Waals surface area contributed by atoms with E-state index in [-0.39, 0.29) is 0 Å². The highest BCUT2D eigenvalue weighted by Crippen LogP contribution is 2.30. The molecule has 0 radical (unpaired) electrons. The molecule has 12 nitrogen and oxygen atoms in total. The number of hydrogen-bond donors (Lipinski definition) is 2. The largest absolute Gasteiger partial charge is 0.384 e. The predicted octanol–water partition coefficient (Wildman–Crippen LogP) is 7.46. The second-order valence-corrected chi connectivity index (χ2v) is 11.7. The molecule has 0 amide bonds. The Morgan fingerprint density at radius 1 is 0.608 bits per heavy atom. The van der Waals surface area contributed by atoms with Crippen LogP contribution in [0.5, 0.6) is 0 Å². The van der Waals surface area contributed by atoms with E-state index in [0.717, 1.165) is 67.2 Å². The zero-order chi connectivity index (χ0) is 34.7. The van der Waals surface area contributed by atoms with Gasteiger partial charge in [0.25, 0.3) is 0 Å². The fourth-order valence-corrected chi connectivity index (χ4v) is 5.80. The van der Waals surface area contributed by atoms with Gasteiger partial charge in [-0.2, -0.15) is 0 Å². The monoisotopic (exact) mass is 666 g/mol. The van der Waals surface area contributed by atoms with Crippen molar-refractivity contribution in [3.63, 3.8) is 0 Å². The quantitative estimate of drug-likeness (QED) is 0.188. The summed E-state index contributed by atoms with van der Waals surface area (Å²) in [6.45, 7) is 3.93. The second-order valence-electron chi connectivity index (χ2n) is 11.7. The van der Waals surface area contributed by atoms with Crippen molar-refractivity contribution in [3.8, 4) is 28.5 Å². The number of nitrogens with two attached hydrogens (primary N) is 1. The van der Waals surface area contributed by atoms with E-state index in [1.54, 1.807) is 18.5 Å². The van der Waals surface area contributed by atoms with Gasteiger partial charge in [-0.05, 0) is 86.6 Å². The molecule has 51 heavy (non-hydrogen) atoms. The smallest absolute Gasteiger partial charge is 0.161 e. The number of nitrogens with one attached hydrogen (secondary N) is 1. The van der Waals surface area contributed by atoms with Crippen molar-refractivity contribution in [1.29, 1.82) is 0 Å². The molecule has 0 aliphatic rings. The molecule has 9 heterocycles. The number of nitrogens with zero attached hydrogens (tertiary/aromatic N) is 10. The summed E-state index contributed by atoms with van der Waals surface area (Å²) >= 11 is 0. The number of fused-ring (bicyclic) bond motifs is 3. The van der Waals surface area contributed by atoms with E-state index in [0.29, 0.717) is 22.9 Å². The van der Waals surface area contributed by atoms with Gasteiger partial charge in [0.1, 0.15) is 18.0 Å². The third-order valence-corrected chi connectivity index (χ3v) is 8.15. The van der Waals surface area contributed by atoms with Crippen molar-refractivity contribution in [1.82, 2.24) is 49.4 Å². The van der Waals surface area contributed by atoms with Crippen molar-refractivity contribution < 1.29 is 0 Å². The Bertz CT molecular complexity index is 2690. The highest BCUT2D eigenvalue weighted by atomic mass is 15.0. The maximum atomic E-state index is 5.74. The highest BCUT2D eigenvalue weighted by Gasteiger charge is 2.13. The van der Waals surface area contributed by atoms with Crippen LogP contribution in [-0.4, -0.2) is 49.4 Å². The average Bonchev–Trinajstić information content (AvgIpc) is 3.59. The maximum Gasteiger partial charge on any atom is 0.161 e. The molecule has 3 N–H and O–H groups in total. The molecule has 0 fully saturated rings. The lowest BCUT2D eigenvalue weighted by Crippen LogP contribution is -2.00. The van der Waals surface area contributed by atoms with Gasteiger partial charge in [-0.3, -0.25) is 15.0 Å². The Kier molecular flexibility index (Phi) is 8.14. The van der Waals surface area contributed by atoms with Crippen LogP contribution in [0.15, 0.2) is 128 Å². The van der Waals surface area contributed by atoms with Gasteiger partial charge in [-0.15, -0.1) is 0 Å². The lowest BCUT2D eigenvalue weighted by molar-refractivity contribution is 1.12. The molecular formula is C39H30N12.